The van der Waals surface area contributed by atoms with Gasteiger partial charge in [-0.15, -0.1) is 0 Å². The van der Waals surface area contributed by atoms with Crippen LogP contribution >= 0.6 is 0 Å². The number of nitrogens with zero attached hydrogens (tertiary/aromatic N) is 2. The second kappa shape index (κ2) is 3.62. The van der Waals surface area contributed by atoms with E-state index in [9.17, 15) is 18.0 Å². The standard InChI is InChI=1S/C10H7F3N2O/c11-10(12,13)6-15-8(16)4-3-7-2-1-5-14-9(7)15/h1-5H,6H2. The largest absolute Gasteiger partial charge is 0.406 e. The molecule has 0 aliphatic carbocycles. The summed E-state index contributed by atoms with van der Waals surface area (Å²) in [5, 5.41) is 0.506. The van der Waals surface area contributed by atoms with Crippen molar-refractivity contribution >= 4 is 11.0 Å². The lowest BCUT2D eigenvalue weighted by Gasteiger charge is -2.11. The first-order chi connectivity index (χ1) is 7.47. The zero-order valence-electron chi connectivity index (χ0n) is 8.03. The molecule has 84 valence electrons. The fourth-order valence-corrected chi connectivity index (χ4v) is 1.45. The second-order valence-corrected chi connectivity index (χ2v) is 3.29. The van der Waals surface area contributed by atoms with Crippen LogP contribution in [0.15, 0.2) is 35.3 Å². The highest BCUT2D eigenvalue weighted by molar-refractivity contribution is 5.74. The van der Waals surface area contributed by atoms with E-state index in [0.29, 0.717) is 9.95 Å². The average molecular weight is 228 g/mol. The molecule has 0 atom stereocenters. The Morgan fingerprint density at radius 2 is 2.00 bits per heavy atom. The van der Waals surface area contributed by atoms with Crippen LogP contribution in [0, 0.1) is 0 Å². The SMILES string of the molecule is O=c1ccc2cccnc2n1CC(F)(F)F. The number of pyridine rings is 2. The molecule has 0 N–H and O–H groups in total. The molecule has 16 heavy (non-hydrogen) atoms. The van der Waals surface area contributed by atoms with Gasteiger partial charge in [-0.2, -0.15) is 13.2 Å². The molecule has 2 aromatic rings. The van der Waals surface area contributed by atoms with Crippen LogP contribution in [0.5, 0.6) is 0 Å². The molecular weight excluding hydrogens is 221 g/mol. The predicted octanol–water partition coefficient (Wildman–Crippen LogP) is 1.96. The van der Waals surface area contributed by atoms with Gasteiger partial charge in [-0.3, -0.25) is 9.36 Å². The highest BCUT2D eigenvalue weighted by Gasteiger charge is 2.29. The lowest BCUT2D eigenvalue weighted by Crippen LogP contribution is -2.28. The first-order valence-electron chi connectivity index (χ1n) is 4.49. The smallest absolute Gasteiger partial charge is 0.284 e. The van der Waals surface area contributed by atoms with Crippen molar-refractivity contribution in [3.05, 3.63) is 40.8 Å². The van der Waals surface area contributed by atoms with E-state index in [1.54, 1.807) is 12.1 Å². The molecule has 0 fully saturated rings. The van der Waals surface area contributed by atoms with E-state index < -0.39 is 18.3 Å². The lowest BCUT2D eigenvalue weighted by molar-refractivity contribution is -0.140. The topological polar surface area (TPSA) is 34.9 Å². The molecule has 2 rings (SSSR count). The zero-order valence-corrected chi connectivity index (χ0v) is 8.03. The Morgan fingerprint density at radius 3 is 2.69 bits per heavy atom. The third kappa shape index (κ3) is 2.05. The molecule has 0 aliphatic heterocycles. The Hall–Kier alpha value is -1.85. The summed E-state index contributed by atoms with van der Waals surface area (Å²) in [4.78, 5) is 15.1. The van der Waals surface area contributed by atoms with Gasteiger partial charge in [-0.1, -0.05) is 0 Å². The summed E-state index contributed by atoms with van der Waals surface area (Å²) in [6, 6.07) is 5.77. The molecule has 0 radical (unpaired) electrons. The van der Waals surface area contributed by atoms with Gasteiger partial charge in [0.05, 0.1) is 0 Å². The van der Waals surface area contributed by atoms with E-state index in [4.69, 9.17) is 0 Å². The van der Waals surface area contributed by atoms with Gasteiger partial charge in [0.2, 0.25) is 0 Å². The third-order valence-electron chi connectivity index (χ3n) is 2.08. The van der Waals surface area contributed by atoms with Crippen molar-refractivity contribution in [2.24, 2.45) is 0 Å². The average Bonchev–Trinajstić information content (AvgIpc) is 2.21. The fourth-order valence-electron chi connectivity index (χ4n) is 1.45. The van der Waals surface area contributed by atoms with E-state index in [-0.39, 0.29) is 5.65 Å². The predicted molar refractivity (Wildman–Crippen MR) is 52.1 cm³/mol. The minimum Gasteiger partial charge on any atom is -0.284 e. The van der Waals surface area contributed by atoms with Crippen molar-refractivity contribution in [3.8, 4) is 0 Å². The number of hydrogen-bond donors (Lipinski definition) is 0. The summed E-state index contributed by atoms with van der Waals surface area (Å²) in [7, 11) is 0. The minimum atomic E-state index is -4.43. The molecule has 0 saturated heterocycles. The molecule has 0 amide bonds. The van der Waals surface area contributed by atoms with E-state index in [0.717, 1.165) is 6.07 Å². The Balaban J connectivity index is 2.66. The van der Waals surface area contributed by atoms with Gasteiger partial charge in [0, 0.05) is 17.6 Å². The first-order valence-corrected chi connectivity index (χ1v) is 4.49. The zero-order chi connectivity index (χ0) is 11.8. The molecule has 2 heterocycles. The van der Waals surface area contributed by atoms with Crippen molar-refractivity contribution in [2.75, 3.05) is 0 Å². The summed E-state index contributed by atoms with van der Waals surface area (Å²) in [5.41, 5.74) is -0.657. The number of rotatable bonds is 1. The number of halogens is 3. The number of alkyl halides is 3. The monoisotopic (exact) mass is 228 g/mol. The van der Waals surface area contributed by atoms with E-state index >= 15 is 0 Å². The van der Waals surface area contributed by atoms with Crippen molar-refractivity contribution < 1.29 is 13.2 Å². The first kappa shape index (κ1) is 10.7. The maximum atomic E-state index is 12.3. The number of fused-ring (bicyclic) bond motifs is 1. The van der Waals surface area contributed by atoms with Crippen molar-refractivity contribution in [1.82, 2.24) is 9.55 Å². The van der Waals surface area contributed by atoms with Crippen LogP contribution in [0.4, 0.5) is 13.2 Å². The van der Waals surface area contributed by atoms with Crippen LogP contribution < -0.4 is 5.56 Å². The van der Waals surface area contributed by atoms with Crippen molar-refractivity contribution in [2.45, 2.75) is 12.7 Å². The molecule has 0 aromatic carbocycles. The maximum absolute atomic E-state index is 12.3. The molecule has 2 aromatic heterocycles. The van der Waals surface area contributed by atoms with Crippen LogP contribution in [-0.4, -0.2) is 15.7 Å². The molecule has 0 bridgehead atoms. The van der Waals surface area contributed by atoms with Gasteiger partial charge in [-0.05, 0) is 18.2 Å². The van der Waals surface area contributed by atoms with Crippen LogP contribution in [0.2, 0.25) is 0 Å². The Labute approximate surface area is 88.2 Å². The molecule has 3 nitrogen and oxygen atoms in total. The van der Waals surface area contributed by atoms with Gasteiger partial charge in [0.15, 0.2) is 0 Å². The molecule has 0 unspecified atom stereocenters. The minimum absolute atomic E-state index is 0.0484. The van der Waals surface area contributed by atoms with Crippen LogP contribution in [0.1, 0.15) is 0 Å². The maximum Gasteiger partial charge on any atom is 0.406 e. The van der Waals surface area contributed by atoms with Crippen LogP contribution in [-0.2, 0) is 6.54 Å². The summed E-state index contributed by atoms with van der Waals surface area (Å²) >= 11 is 0. The van der Waals surface area contributed by atoms with Gasteiger partial charge in [0.25, 0.3) is 5.56 Å². The lowest BCUT2D eigenvalue weighted by atomic mass is 10.3. The highest BCUT2D eigenvalue weighted by Crippen LogP contribution is 2.18. The summed E-state index contributed by atoms with van der Waals surface area (Å²) < 4.78 is 37.4. The Bertz CT molecular complexity index is 574. The quantitative estimate of drug-likeness (QED) is 0.747. The highest BCUT2D eigenvalue weighted by atomic mass is 19.4. The van der Waals surface area contributed by atoms with Crippen LogP contribution in [0.25, 0.3) is 11.0 Å². The van der Waals surface area contributed by atoms with E-state index in [1.165, 1.54) is 12.3 Å². The summed E-state index contributed by atoms with van der Waals surface area (Å²) in [6.07, 6.45) is -3.08. The van der Waals surface area contributed by atoms with E-state index in [2.05, 4.69) is 4.98 Å². The molecule has 6 heteroatoms. The van der Waals surface area contributed by atoms with Gasteiger partial charge >= 0.3 is 6.18 Å². The molecule has 0 aliphatic rings. The summed E-state index contributed by atoms with van der Waals surface area (Å²) in [5.74, 6) is 0. The number of aromatic nitrogens is 2. The molecular formula is C10H7F3N2O. The normalized spacial score (nSPS) is 11.9. The molecule has 0 spiro atoms. The van der Waals surface area contributed by atoms with Gasteiger partial charge in [-0.25, -0.2) is 4.98 Å². The van der Waals surface area contributed by atoms with Crippen molar-refractivity contribution in [1.29, 1.82) is 0 Å². The van der Waals surface area contributed by atoms with Gasteiger partial charge < -0.3 is 0 Å². The van der Waals surface area contributed by atoms with Crippen molar-refractivity contribution in [3.63, 3.8) is 0 Å². The number of hydrogen-bond acceptors (Lipinski definition) is 2. The van der Waals surface area contributed by atoms with Gasteiger partial charge in [0.1, 0.15) is 12.2 Å². The Kier molecular flexibility index (Phi) is 2.41. The fraction of sp³-hybridized carbons (Fsp3) is 0.200. The van der Waals surface area contributed by atoms with Crippen LogP contribution in [0.3, 0.4) is 0 Å². The third-order valence-corrected chi connectivity index (χ3v) is 2.08. The second-order valence-electron chi connectivity index (χ2n) is 3.29. The molecule has 0 saturated carbocycles. The summed E-state index contributed by atoms with van der Waals surface area (Å²) in [6.45, 7) is -1.32. The Morgan fingerprint density at radius 1 is 1.25 bits per heavy atom. The van der Waals surface area contributed by atoms with E-state index in [1.807, 2.05) is 0 Å².